The first-order valence-corrected chi connectivity index (χ1v) is 7.72. The fraction of sp³-hybridized carbons (Fsp3) is 0.176. The number of hydrogen-bond donors (Lipinski definition) is 2. The molecule has 0 aliphatic rings. The Morgan fingerprint density at radius 2 is 1.89 bits per heavy atom. The molecule has 0 unspecified atom stereocenters. The molecule has 0 heterocycles. The zero-order valence-electron chi connectivity index (χ0n) is 14.3. The first kappa shape index (κ1) is 20.7. The van der Waals surface area contributed by atoms with E-state index in [4.69, 9.17) is 10.5 Å². The number of alkyl halides is 3. The minimum Gasteiger partial charge on any atom is -0.449 e. The average molecular weight is 397 g/mol. The van der Waals surface area contributed by atoms with E-state index in [1.807, 2.05) is 0 Å². The molecule has 0 radical (unpaired) electrons. The van der Waals surface area contributed by atoms with Gasteiger partial charge in [0.25, 0.3) is 11.6 Å². The molecule has 1 amide bonds. The summed E-state index contributed by atoms with van der Waals surface area (Å²) in [7, 11) is 0. The highest BCUT2D eigenvalue weighted by molar-refractivity contribution is 5.99. The first-order valence-electron chi connectivity index (χ1n) is 7.72. The largest absolute Gasteiger partial charge is 0.449 e. The lowest BCUT2D eigenvalue weighted by Crippen LogP contribution is -2.30. The second-order valence-electron chi connectivity index (χ2n) is 5.64. The van der Waals surface area contributed by atoms with Gasteiger partial charge in [-0.3, -0.25) is 14.9 Å². The van der Waals surface area contributed by atoms with Crippen LogP contribution < -0.4 is 11.1 Å². The van der Waals surface area contributed by atoms with Crippen molar-refractivity contribution in [3.05, 3.63) is 63.7 Å². The van der Waals surface area contributed by atoms with E-state index in [1.54, 1.807) is 0 Å². The molecule has 0 spiro atoms. The molecule has 0 aliphatic heterocycles. The van der Waals surface area contributed by atoms with Gasteiger partial charge in [-0.25, -0.2) is 4.79 Å². The van der Waals surface area contributed by atoms with E-state index in [-0.39, 0.29) is 16.9 Å². The van der Waals surface area contributed by atoms with Gasteiger partial charge in [-0.1, -0.05) is 6.07 Å². The van der Waals surface area contributed by atoms with Crippen LogP contribution in [0.1, 0.15) is 22.8 Å². The highest BCUT2D eigenvalue weighted by Crippen LogP contribution is 2.30. The maximum Gasteiger partial charge on any atom is 0.416 e. The second kappa shape index (κ2) is 7.94. The molecule has 2 rings (SSSR count). The lowest BCUT2D eigenvalue weighted by atomic mass is 10.1. The van der Waals surface area contributed by atoms with Gasteiger partial charge in [-0.05, 0) is 31.2 Å². The normalized spacial score (nSPS) is 12.1. The summed E-state index contributed by atoms with van der Waals surface area (Å²) in [5.41, 5.74) is 3.68. The van der Waals surface area contributed by atoms with Gasteiger partial charge < -0.3 is 15.8 Å². The zero-order chi connectivity index (χ0) is 21.1. The van der Waals surface area contributed by atoms with Gasteiger partial charge in [-0.15, -0.1) is 0 Å². The number of carbonyl (C=O) groups is 2. The maximum absolute atomic E-state index is 12.7. The Morgan fingerprint density at radius 3 is 2.50 bits per heavy atom. The SMILES string of the molecule is C[C@H](OC(=O)c1cc([N+](=O)[O-])ccc1N)C(=O)Nc1cccc(C(F)(F)F)c1. The van der Waals surface area contributed by atoms with Crippen LogP contribution in [0.25, 0.3) is 0 Å². The second-order valence-corrected chi connectivity index (χ2v) is 5.64. The molecule has 8 nitrogen and oxygen atoms in total. The molecule has 2 aromatic rings. The number of halogens is 3. The van der Waals surface area contributed by atoms with Crippen molar-refractivity contribution in [3.63, 3.8) is 0 Å². The van der Waals surface area contributed by atoms with Crippen molar-refractivity contribution in [2.45, 2.75) is 19.2 Å². The summed E-state index contributed by atoms with van der Waals surface area (Å²) >= 11 is 0. The molecule has 28 heavy (non-hydrogen) atoms. The summed E-state index contributed by atoms with van der Waals surface area (Å²) in [6, 6.07) is 7.04. The molecule has 0 aliphatic carbocycles. The standard InChI is InChI=1S/C17H14F3N3O5/c1-9(15(24)22-11-4-2-3-10(7-11)17(18,19)20)28-16(25)13-8-12(23(26)27)5-6-14(13)21/h2-9H,21H2,1H3,(H,22,24)/t9-/m0/s1. The van der Waals surface area contributed by atoms with E-state index in [0.717, 1.165) is 36.4 Å². The van der Waals surface area contributed by atoms with Crippen molar-refractivity contribution >= 4 is 28.9 Å². The van der Waals surface area contributed by atoms with Crippen molar-refractivity contribution in [2.75, 3.05) is 11.1 Å². The maximum atomic E-state index is 12.7. The van der Waals surface area contributed by atoms with Crippen LogP contribution in [0.2, 0.25) is 0 Å². The number of amides is 1. The molecular formula is C17H14F3N3O5. The van der Waals surface area contributed by atoms with Gasteiger partial charge in [-0.2, -0.15) is 13.2 Å². The van der Waals surface area contributed by atoms with Gasteiger partial charge >= 0.3 is 12.1 Å². The number of nitrogens with one attached hydrogen (secondary N) is 1. The smallest absolute Gasteiger partial charge is 0.416 e. The van der Waals surface area contributed by atoms with Crippen LogP contribution in [-0.4, -0.2) is 22.9 Å². The third-order valence-corrected chi connectivity index (χ3v) is 3.58. The summed E-state index contributed by atoms with van der Waals surface area (Å²) < 4.78 is 43.0. The van der Waals surface area contributed by atoms with Crippen LogP contribution in [0.15, 0.2) is 42.5 Å². The molecule has 1 atom stereocenters. The lowest BCUT2D eigenvalue weighted by molar-refractivity contribution is -0.384. The molecule has 0 saturated heterocycles. The fourth-order valence-corrected chi connectivity index (χ4v) is 2.13. The number of nitro benzene ring substituents is 1. The zero-order valence-corrected chi connectivity index (χ0v) is 14.3. The van der Waals surface area contributed by atoms with Crippen LogP contribution in [0.3, 0.4) is 0 Å². The van der Waals surface area contributed by atoms with Crippen molar-refractivity contribution < 1.29 is 32.4 Å². The monoisotopic (exact) mass is 397 g/mol. The van der Waals surface area contributed by atoms with E-state index < -0.39 is 40.3 Å². The summed E-state index contributed by atoms with van der Waals surface area (Å²) in [5.74, 6) is -1.98. The van der Waals surface area contributed by atoms with Crippen LogP contribution in [-0.2, 0) is 15.7 Å². The molecule has 3 N–H and O–H groups in total. The number of nitrogens with zero attached hydrogens (tertiary/aromatic N) is 1. The molecule has 0 aromatic heterocycles. The molecule has 11 heteroatoms. The average Bonchev–Trinajstić information content (AvgIpc) is 2.61. The third kappa shape index (κ3) is 4.96. The fourth-order valence-electron chi connectivity index (χ4n) is 2.13. The first-order chi connectivity index (χ1) is 13.0. The Hall–Kier alpha value is -3.63. The third-order valence-electron chi connectivity index (χ3n) is 3.58. The van der Waals surface area contributed by atoms with E-state index >= 15 is 0 Å². The van der Waals surface area contributed by atoms with Crippen molar-refractivity contribution in [3.8, 4) is 0 Å². The van der Waals surface area contributed by atoms with Crippen LogP contribution in [0.5, 0.6) is 0 Å². The van der Waals surface area contributed by atoms with Gasteiger partial charge in [0.15, 0.2) is 6.10 Å². The highest BCUT2D eigenvalue weighted by Gasteiger charge is 2.30. The molecular weight excluding hydrogens is 383 g/mol. The van der Waals surface area contributed by atoms with Crippen LogP contribution in [0, 0.1) is 10.1 Å². The Morgan fingerprint density at radius 1 is 1.21 bits per heavy atom. The number of anilines is 2. The van der Waals surface area contributed by atoms with E-state index in [1.165, 1.54) is 13.0 Å². The topological polar surface area (TPSA) is 125 Å². The number of ether oxygens (including phenoxy) is 1. The number of carbonyl (C=O) groups excluding carboxylic acids is 2. The van der Waals surface area contributed by atoms with E-state index in [9.17, 15) is 32.9 Å². The van der Waals surface area contributed by atoms with Crippen LogP contribution >= 0.6 is 0 Å². The summed E-state index contributed by atoms with van der Waals surface area (Å²) in [5, 5.41) is 13.0. The summed E-state index contributed by atoms with van der Waals surface area (Å²) in [4.78, 5) is 34.3. The van der Waals surface area contributed by atoms with E-state index in [0.29, 0.717) is 0 Å². The number of benzene rings is 2. The molecule has 148 valence electrons. The number of non-ortho nitro benzene ring substituents is 1. The number of rotatable bonds is 5. The van der Waals surface area contributed by atoms with Crippen molar-refractivity contribution in [1.29, 1.82) is 0 Å². The van der Waals surface area contributed by atoms with Crippen molar-refractivity contribution in [1.82, 2.24) is 0 Å². The predicted molar refractivity (Wildman–Crippen MR) is 92.5 cm³/mol. The summed E-state index contributed by atoms with van der Waals surface area (Å²) in [6.45, 7) is 1.19. The molecule has 0 fully saturated rings. The Labute approximate surface area is 156 Å². The van der Waals surface area contributed by atoms with Gasteiger partial charge in [0, 0.05) is 23.5 Å². The highest BCUT2D eigenvalue weighted by atomic mass is 19.4. The van der Waals surface area contributed by atoms with Gasteiger partial charge in [0.1, 0.15) is 0 Å². The number of esters is 1. The van der Waals surface area contributed by atoms with Crippen molar-refractivity contribution in [2.24, 2.45) is 0 Å². The van der Waals surface area contributed by atoms with Gasteiger partial charge in [0.05, 0.1) is 16.1 Å². The minimum absolute atomic E-state index is 0.0962. The van der Waals surface area contributed by atoms with Gasteiger partial charge in [0.2, 0.25) is 0 Å². The van der Waals surface area contributed by atoms with E-state index in [2.05, 4.69) is 5.32 Å². The van der Waals surface area contributed by atoms with Crippen LogP contribution in [0.4, 0.5) is 30.2 Å². The Bertz CT molecular complexity index is 930. The number of nitrogen functional groups attached to an aromatic ring is 1. The predicted octanol–water partition coefficient (Wildman–Crippen LogP) is 3.38. The number of nitrogens with two attached hydrogens (primary N) is 1. The molecule has 0 bridgehead atoms. The lowest BCUT2D eigenvalue weighted by Gasteiger charge is -2.15. The Balaban J connectivity index is 2.10. The molecule has 2 aromatic carbocycles. The minimum atomic E-state index is -4.58. The Kier molecular flexibility index (Phi) is 5.87. The number of hydrogen-bond acceptors (Lipinski definition) is 6. The summed E-state index contributed by atoms with van der Waals surface area (Å²) in [6.07, 6.45) is -5.99. The number of nitro groups is 1. The molecule has 0 saturated carbocycles. The quantitative estimate of drug-likeness (QED) is 0.345.